The van der Waals surface area contributed by atoms with Crippen molar-refractivity contribution in [3.63, 3.8) is 0 Å². The molecule has 0 aliphatic carbocycles. The van der Waals surface area contributed by atoms with E-state index in [2.05, 4.69) is 34.4 Å². The lowest BCUT2D eigenvalue weighted by molar-refractivity contribution is 0.287. The third-order valence-electron chi connectivity index (χ3n) is 4.81. The van der Waals surface area contributed by atoms with Crippen LogP contribution in [-0.2, 0) is 19.6 Å². The van der Waals surface area contributed by atoms with E-state index < -0.39 is 0 Å². The highest BCUT2D eigenvalue weighted by molar-refractivity contribution is 14.0. The number of benzene rings is 2. The molecule has 8 heteroatoms. The van der Waals surface area contributed by atoms with Gasteiger partial charge in [-0.25, -0.2) is 4.99 Å². The number of nitrogens with one attached hydrogen (secondary N) is 1. The molecule has 0 spiro atoms. The van der Waals surface area contributed by atoms with Gasteiger partial charge in [0.15, 0.2) is 5.96 Å². The molecule has 2 aromatic carbocycles. The SMILES string of the molecule is CCOc1ccc(OCC)c(NC(N)=NCc2ccccc2CN(C)Cc2ccco2)c1.I. The Hall–Kier alpha value is -2.72. The minimum absolute atomic E-state index is 0. The van der Waals surface area contributed by atoms with Crippen LogP contribution in [0.2, 0.25) is 0 Å². The van der Waals surface area contributed by atoms with Gasteiger partial charge in [-0.05, 0) is 56.3 Å². The number of furan rings is 1. The molecule has 0 saturated carbocycles. The lowest BCUT2D eigenvalue weighted by atomic mass is 10.1. The molecular weight excluding hydrogens is 531 g/mol. The van der Waals surface area contributed by atoms with Crippen molar-refractivity contribution in [2.45, 2.75) is 33.5 Å². The van der Waals surface area contributed by atoms with E-state index >= 15 is 0 Å². The molecule has 7 nitrogen and oxygen atoms in total. The number of halogens is 1. The number of rotatable bonds is 11. The number of anilines is 1. The van der Waals surface area contributed by atoms with Crippen LogP contribution < -0.4 is 20.5 Å². The zero-order valence-corrected chi connectivity index (χ0v) is 21.7. The Morgan fingerprint density at radius 2 is 1.76 bits per heavy atom. The van der Waals surface area contributed by atoms with E-state index in [1.165, 1.54) is 5.56 Å². The monoisotopic (exact) mass is 564 g/mol. The standard InChI is InChI=1S/C25H32N4O3.HI/c1-4-30-21-12-13-24(31-5-2)23(15-21)28-25(26)27-16-19-9-6-7-10-20(19)17-29(3)18-22-11-8-14-32-22;/h6-15H,4-5,16-18H2,1-3H3,(H3,26,27,28);1H. The summed E-state index contributed by atoms with van der Waals surface area (Å²) >= 11 is 0. The molecule has 0 aliphatic heterocycles. The largest absolute Gasteiger partial charge is 0.494 e. The van der Waals surface area contributed by atoms with Crippen LogP contribution in [0.25, 0.3) is 0 Å². The summed E-state index contributed by atoms with van der Waals surface area (Å²) in [5, 5.41) is 3.15. The molecule has 0 fully saturated rings. The van der Waals surface area contributed by atoms with Crippen LogP contribution in [0.15, 0.2) is 70.3 Å². The van der Waals surface area contributed by atoms with Crippen molar-refractivity contribution in [3.8, 4) is 11.5 Å². The van der Waals surface area contributed by atoms with Crippen molar-refractivity contribution in [1.82, 2.24) is 4.90 Å². The molecule has 1 heterocycles. The number of nitrogens with two attached hydrogens (primary N) is 1. The number of hydrogen-bond acceptors (Lipinski definition) is 5. The van der Waals surface area contributed by atoms with Gasteiger partial charge in [0.25, 0.3) is 0 Å². The van der Waals surface area contributed by atoms with E-state index in [9.17, 15) is 0 Å². The van der Waals surface area contributed by atoms with E-state index in [1.54, 1.807) is 6.26 Å². The molecule has 0 amide bonds. The van der Waals surface area contributed by atoms with Gasteiger partial charge in [-0.2, -0.15) is 0 Å². The maximum Gasteiger partial charge on any atom is 0.193 e. The molecule has 1 aromatic heterocycles. The summed E-state index contributed by atoms with van der Waals surface area (Å²) in [6, 6.07) is 17.8. The lowest BCUT2D eigenvalue weighted by Crippen LogP contribution is -2.23. The number of aliphatic imine (C=N–C) groups is 1. The van der Waals surface area contributed by atoms with Crippen molar-refractivity contribution < 1.29 is 13.9 Å². The first-order valence-corrected chi connectivity index (χ1v) is 10.8. The lowest BCUT2D eigenvalue weighted by Gasteiger charge is -2.17. The first-order chi connectivity index (χ1) is 15.6. The third-order valence-corrected chi connectivity index (χ3v) is 4.81. The first kappa shape index (κ1) is 26.5. The normalized spacial score (nSPS) is 11.2. The molecule has 0 atom stereocenters. The minimum Gasteiger partial charge on any atom is -0.494 e. The molecule has 3 rings (SSSR count). The van der Waals surface area contributed by atoms with Gasteiger partial charge in [-0.15, -0.1) is 24.0 Å². The van der Waals surface area contributed by atoms with Crippen LogP contribution >= 0.6 is 24.0 Å². The molecule has 3 aromatic rings. The van der Waals surface area contributed by atoms with Gasteiger partial charge in [0.1, 0.15) is 17.3 Å². The summed E-state index contributed by atoms with van der Waals surface area (Å²) in [5.74, 6) is 2.71. The third kappa shape index (κ3) is 8.29. The van der Waals surface area contributed by atoms with Crippen LogP contribution in [0.5, 0.6) is 11.5 Å². The Morgan fingerprint density at radius 3 is 2.45 bits per heavy atom. The second kappa shape index (κ2) is 13.7. The van der Waals surface area contributed by atoms with E-state index in [1.807, 2.05) is 56.3 Å². The summed E-state index contributed by atoms with van der Waals surface area (Å²) in [6.45, 7) is 7.02. The highest BCUT2D eigenvalue weighted by Crippen LogP contribution is 2.29. The Morgan fingerprint density at radius 1 is 1.00 bits per heavy atom. The van der Waals surface area contributed by atoms with E-state index in [0.29, 0.717) is 31.5 Å². The van der Waals surface area contributed by atoms with Gasteiger partial charge in [0.2, 0.25) is 0 Å². The van der Waals surface area contributed by atoms with Crippen molar-refractivity contribution in [2.75, 3.05) is 25.6 Å². The second-order valence-electron chi connectivity index (χ2n) is 7.37. The molecule has 0 bridgehead atoms. The summed E-state index contributed by atoms with van der Waals surface area (Å²) in [4.78, 5) is 6.77. The Labute approximate surface area is 213 Å². The van der Waals surface area contributed by atoms with Gasteiger partial charge in [-0.3, -0.25) is 4.90 Å². The van der Waals surface area contributed by atoms with E-state index in [0.717, 1.165) is 35.9 Å². The number of nitrogens with zero attached hydrogens (tertiary/aromatic N) is 2. The fourth-order valence-corrected chi connectivity index (χ4v) is 3.37. The van der Waals surface area contributed by atoms with Gasteiger partial charge >= 0.3 is 0 Å². The van der Waals surface area contributed by atoms with Crippen molar-refractivity contribution in [2.24, 2.45) is 10.7 Å². The van der Waals surface area contributed by atoms with Crippen molar-refractivity contribution >= 4 is 35.6 Å². The average molecular weight is 564 g/mol. The average Bonchev–Trinajstić information content (AvgIpc) is 3.28. The summed E-state index contributed by atoms with van der Waals surface area (Å²) in [5.41, 5.74) is 9.25. The number of guanidine groups is 1. The van der Waals surface area contributed by atoms with E-state index in [-0.39, 0.29) is 24.0 Å². The summed E-state index contributed by atoms with van der Waals surface area (Å²) in [7, 11) is 2.07. The quantitative estimate of drug-likeness (QED) is 0.188. The molecule has 0 unspecified atom stereocenters. The van der Waals surface area contributed by atoms with Gasteiger partial charge in [0, 0.05) is 12.6 Å². The Kier molecular flexibility index (Phi) is 11.0. The predicted molar refractivity (Wildman–Crippen MR) is 143 cm³/mol. The van der Waals surface area contributed by atoms with Crippen LogP contribution in [0.4, 0.5) is 5.69 Å². The number of ether oxygens (including phenoxy) is 2. The zero-order chi connectivity index (χ0) is 22.8. The van der Waals surface area contributed by atoms with Crippen molar-refractivity contribution in [1.29, 1.82) is 0 Å². The maximum atomic E-state index is 6.20. The molecule has 0 saturated heterocycles. The fraction of sp³-hybridized carbons (Fsp3) is 0.320. The van der Waals surface area contributed by atoms with Gasteiger partial charge < -0.3 is 24.9 Å². The Bertz CT molecular complexity index is 1010. The molecule has 33 heavy (non-hydrogen) atoms. The molecule has 178 valence electrons. The van der Waals surface area contributed by atoms with Crippen molar-refractivity contribution in [3.05, 3.63) is 77.7 Å². The summed E-state index contributed by atoms with van der Waals surface area (Å²) < 4.78 is 16.7. The van der Waals surface area contributed by atoms with Crippen LogP contribution in [0.3, 0.4) is 0 Å². The van der Waals surface area contributed by atoms with Crippen LogP contribution in [0.1, 0.15) is 30.7 Å². The molecular formula is C25H33IN4O3. The highest BCUT2D eigenvalue weighted by atomic mass is 127. The van der Waals surface area contributed by atoms with E-state index in [4.69, 9.17) is 19.6 Å². The zero-order valence-electron chi connectivity index (χ0n) is 19.4. The predicted octanol–water partition coefficient (Wildman–Crippen LogP) is 5.25. The second-order valence-corrected chi connectivity index (χ2v) is 7.37. The maximum absolute atomic E-state index is 6.20. The molecule has 0 radical (unpaired) electrons. The molecule has 3 N–H and O–H groups in total. The smallest absolute Gasteiger partial charge is 0.193 e. The minimum atomic E-state index is 0. The first-order valence-electron chi connectivity index (χ1n) is 10.8. The topological polar surface area (TPSA) is 85.2 Å². The fourth-order valence-electron chi connectivity index (χ4n) is 3.37. The Balaban J connectivity index is 0.00000385. The summed E-state index contributed by atoms with van der Waals surface area (Å²) in [6.07, 6.45) is 1.70. The van der Waals surface area contributed by atoms with Gasteiger partial charge in [0.05, 0.1) is 38.3 Å². The highest BCUT2D eigenvalue weighted by Gasteiger charge is 2.09. The van der Waals surface area contributed by atoms with Gasteiger partial charge in [-0.1, -0.05) is 24.3 Å². The molecule has 0 aliphatic rings. The number of hydrogen-bond donors (Lipinski definition) is 2. The van der Waals surface area contributed by atoms with Crippen LogP contribution in [-0.4, -0.2) is 31.1 Å². The van der Waals surface area contributed by atoms with Crippen LogP contribution in [0, 0.1) is 0 Å².